The Kier molecular flexibility index (Phi) is 4.90. The maximum absolute atomic E-state index is 12.4. The van der Waals surface area contributed by atoms with E-state index in [2.05, 4.69) is 15.3 Å². The summed E-state index contributed by atoms with van der Waals surface area (Å²) >= 11 is 9.44. The van der Waals surface area contributed by atoms with Crippen molar-refractivity contribution in [3.05, 3.63) is 45.1 Å². The number of rotatable bonds is 4. The highest BCUT2D eigenvalue weighted by molar-refractivity contribution is 8.00. The lowest BCUT2D eigenvalue weighted by Gasteiger charge is -2.09. The zero-order valence-corrected chi connectivity index (χ0v) is 16.9. The fourth-order valence-electron chi connectivity index (χ4n) is 3.21. The molecule has 0 saturated carbocycles. The van der Waals surface area contributed by atoms with Crippen LogP contribution in [0.2, 0.25) is 5.02 Å². The lowest BCUT2D eigenvalue weighted by Crippen LogP contribution is -2.14. The molecule has 0 atom stereocenters. The summed E-state index contributed by atoms with van der Waals surface area (Å²) in [5.41, 5.74) is 3.09. The van der Waals surface area contributed by atoms with Gasteiger partial charge in [0.15, 0.2) is 0 Å². The Morgan fingerprint density at radius 3 is 2.96 bits per heavy atom. The molecule has 0 bridgehead atoms. The number of halogens is 1. The average molecular weight is 404 g/mol. The number of nitrogens with zero attached hydrogens (tertiary/aromatic N) is 2. The molecule has 1 aromatic carbocycles. The molecule has 0 unspecified atom stereocenters. The van der Waals surface area contributed by atoms with Crippen LogP contribution < -0.4 is 5.32 Å². The SMILES string of the molecule is Cc1ccc(NC(=O)CSc2nc(C)nc3sc4c(c23)CCC4)c(Cl)c1. The van der Waals surface area contributed by atoms with E-state index < -0.39 is 0 Å². The molecule has 3 aromatic rings. The van der Waals surface area contributed by atoms with Gasteiger partial charge in [0, 0.05) is 10.3 Å². The van der Waals surface area contributed by atoms with Crippen LogP contribution in [0, 0.1) is 13.8 Å². The van der Waals surface area contributed by atoms with Gasteiger partial charge in [0.25, 0.3) is 0 Å². The maximum atomic E-state index is 12.4. The van der Waals surface area contributed by atoms with Gasteiger partial charge < -0.3 is 5.32 Å². The van der Waals surface area contributed by atoms with Crippen molar-refractivity contribution in [3.63, 3.8) is 0 Å². The van der Waals surface area contributed by atoms with Crippen LogP contribution in [0.15, 0.2) is 23.2 Å². The number of fused-ring (bicyclic) bond motifs is 3. The summed E-state index contributed by atoms with van der Waals surface area (Å²) in [7, 11) is 0. The van der Waals surface area contributed by atoms with Gasteiger partial charge in [0.05, 0.1) is 16.5 Å². The quantitative estimate of drug-likeness (QED) is 0.481. The summed E-state index contributed by atoms with van der Waals surface area (Å²) < 4.78 is 0. The van der Waals surface area contributed by atoms with Crippen LogP contribution in [0.5, 0.6) is 0 Å². The molecule has 7 heteroatoms. The first-order chi connectivity index (χ1) is 12.5. The first-order valence-electron chi connectivity index (χ1n) is 8.49. The largest absolute Gasteiger partial charge is 0.324 e. The molecular weight excluding hydrogens is 386 g/mol. The van der Waals surface area contributed by atoms with Gasteiger partial charge >= 0.3 is 0 Å². The molecule has 26 heavy (non-hydrogen) atoms. The minimum absolute atomic E-state index is 0.0861. The number of thiophene rings is 1. The van der Waals surface area contributed by atoms with E-state index in [-0.39, 0.29) is 5.91 Å². The van der Waals surface area contributed by atoms with Gasteiger partial charge in [0.2, 0.25) is 5.91 Å². The van der Waals surface area contributed by atoms with Crippen molar-refractivity contribution in [3.8, 4) is 0 Å². The van der Waals surface area contributed by atoms with E-state index in [0.717, 1.165) is 39.5 Å². The van der Waals surface area contributed by atoms with Gasteiger partial charge in [-0.1, -0.05) is 29.4 Å². The molecular formula is C19H18ClN3OS2. The lowest BCUT2D eigenvalue weighted by molar-refractivity contribution is -0.113. The fourth-order valence-corrected chi connectivity index (χ4v) is 5.76. The second-order valence-corrected chi connectivity index (χ2v) is 8.89. The zero-order valence-electron chi connectivity index (χ0n) is 14.6. The molecule has 0 radical (unpaired) electrons. The number of carbonyl (C=O) groups excluding carboxylic acids is 1. The third-order valence-corrected chi connectivity index (χ3v) is 6.86. The number of anilines is 1. The molecule has 2 heterocycles. The highest BCUT2D eigenvalue weighted by Gasteiger charge is 2.22. The fraction of sp³-hybridized carbons (Fsp3) is 0.316. The highest BCUT2D eigenvalue weighted by Crippen LogP contribution is 2.40. The third-order valence-electron chi connectivity index (χ3n) is 4.38. The molecule has 0 fully saturated rings. The number of amides is 1. The van der Waals surface area contributed by atoms with Crippen LogP contribution in [0.1, 0.15) is 28.2 Å². The summed E-state index contributed by atoms with van der Waals surface area (Å²) in [6.07, 6.45) is 3.41. The molecule has 0 spiro atoms. The van der Waals surface area contributed by atoms with Crippen molar-refractivity contribution in [1.82, 2.24) is 9.97 Å². The molecule has 1 amide bonds. The van der Waals surface area contributed by atoms with Crippen molar-refractivity contribution in [2.45, 2.75) is 38.1 Å². The minimum Gasteiger partial charge on any atom is -0.324 e. The highest BCUT2D eigenvalue weighted by atomic mass is 35.5. The third kappa shape index (κ3) is 3.46. The van der Waals surface area contributed by atoms with Gasteiger partial charge in [-0.2, -0.15) is 0 Å². The Bertz CT molecular complexity index is 1020. The van der Waals surface area contributed by atoms with Gasteiger partial charge in [0.1, 0.15) is 15.7 Å². The predicted octanol–water partition coefficient (Wildman–Crippen LogP) is 5.18. The molecule has 4 rings (SSSR count). The Morgan fingerprint density at radius 1 is 1.31 bits per heavy atom. The van der Waals surface area contributed by atoms with E-state index in [4.69, 9.17) is 11.6 Å². The second kappa shape index (κ2) is 7.18. The Hall–Kier alpha value is -1.63. The summed E-state index contributed by atoms with van der Waals surface area (Å²) in [5.74, 6) is 0.958. The molecule has 1 N–H and O–H groups in total. The van der Waals surface area contributed by atoms with Crippen LogP contribution in [-0.2, 0) is 17.6 Å². The number of nitrogens with one attached hydrogen (secondary N) is 1. The van der Waals surface area contributed by atoms with Crippen LogP contribution in [0.4, 0.5) is 5.69 Å². The van der Waals surface area contributed by atoms with Crippen molar-refractivity contribution in [2.24, 2.45) is 0 Å². The molecule has 1 aliphatic carbocycles. The number of thioether (sulfide) groups is 1. The first kappa shape index (κ1) is 17.8. The van der Waals surface area contributed by atoms with E-state index in [1.165, 1.54) is 28.6 Å². The molecule has 0 saturated heterocycles. The van der Waals surface area contributed by atoms with E-state index in [1.54, 1.807) is 11.3 Å². The van der Waals surface area contributed by atoms with E-state index >= 15 is 0 Å². The Labute approximate surface area is 165 Å². The molecule has 4 nitrogen and oxygen atoms in total. The summed E-state index contributed by atoms with van der Waals surface area (Å²) in [5, 5.41) is 5.50. The van der Waals surface area contributed by atoms with Crippen molar-refractivity contribution >= 4 is 56.5 Å². The number of aryl methyl sites for hydroxylation is 4. The number of aromatic nitrogens is 2. The smallest absolute Gasteiger partial charge is 0.234 e. The van der Waals surface area contributed by atoms with E-state index in [0.29, 0.717) is 16.5 Å². The average Bonchev–Trinajstić information content (AvgIpc) is 3.15. The molecule has 1 aliphatic rings. The van der Waals surface area contributed by atoms with Gasteiger partial charge in [-0.25, -0.2) is 9.97 Å². The normalized spacial score (nSPS) is 13.2. The van der Waals surface area contributed by atoms with Gasteiger partial charge in [-0.15, -0.1) is 11.3 Å². The number of carbonyl (C=O) groups is 1. The van der Waals surface area contributed by atoms with Crippen LogP contribution >= 0.6 is 34.7 Å². The summed E-state index contributed by atoms with van der Waals surface area (Å²) in [6.45, 7) is 3.87. The molecule has 134 valence electrons. The number of benzene rings is 1. The topological polar surface area (TPSA) is 54.9 Å². The Morgan fingerprint density at radius 2 is 2.15 bits per heavy atom. The molecule has 0 aliphatic heterocycles. The summed E-state index contributed by atoms with van der Waals surface area (Å²) in [6, 6.07) is 5.61. The monoisotopic (exact) mass is 403 g/mol. The van der Waals surface area contributed by atoms with Crippen molar-refractivity contribution in [2.75, 3.05) is 11.1 Å². The second-order valence-electron chi connectivity index (χ2n) is 6.43. The minimum atomic E-state index is -0.0861. The van der Waals surface area contributed by atoms with Crippen LogP contribution in [-0.4, -0.2) is 21.6 Å². The Balaban J connectivity index is 1.53. The lowest BCUT2D eigenvalue weighted by atomic mass is 10.2. The van der Waals surface area contributed by atoms with Gasteiger partial charge in [-0.05, 0) is 56.4 Å². The van der Waals surface area contributed by atoms with Crippen LogP contribution in [0.25, 0.3) is 10.2 Å². The molecule has 2 aromatic heterocycles. The zero-order chi connectivity index (χ0) is 18.3. The van der Waals surface area contributed by atoms with Crippen LogP contribution in [0.3, 0.4) is 0 Å². The maximum Gasteiger partial charge on any atom is 0.234 e. The van der Waals surface area contributed by atoms with E-state index in [9.17, 15) is 4.79 Å². The standard InChI is InChI=1S/C19H18ClN3OS2/c1-10-6-7-14(13(20)8-10)23-16(24)9-25-18-17-12-4-3-5-15(12)26-19(17)22-11(2)21-18/h6-8H,3-5,9H2,1-2H3,(H,23,24). The van der Waals surface area contributed by atoms with Gasteiger partial charge in [-0.3, -0.25) is 4.79 Å². The number of hydrogen-bond acceptors (Lipinski definition) is 5. The van der Waals surface area contributed by atoms with E-state index in [1.807, 2.05) is 32.0 Å². The van der Waals surface area contributed by atoms with Crippen molar-refractivity contribution < 1.29 is 4.79 Å². The summed E-state index contributed by atoms with van der Waals surface area (Å²) in [4.78, 5) is 24.1. The first-order valence-corrected chi connectivity index (χ1v) is 10.7. The predicted molar refractivity (Wildman–Crippen MR) is 110 cm³/mol. The van der Waals surface area contributed by atoms with Crippen molar-refractivity contribution in [1.29, 1.82) is 0 Å². The number of hydrogen-bond donors (Lipinski definition) is 1.